The van der Waals surface area contributed by atoms with Crippen LogP contribution in [0.25, 0.3) is 0 Å². The van der Waals surface area contributed by atoms with E-state index in [1.54, 1.807) is 23.3 Å². The molecule has 2 heterocycles. The van der Waals surface area contributed by atoms with Gasteiger partial charge >= 0.3 is 0 Å². The maximum atomic E-state index is 11.8. The number of aryl methyl sites for hydroxylation is 1. The Hall–Kier alpha value is -2.17. The summed E-state index contributed by atoms with van der Waals surface area (Å²) in [5, 5.41) is 7.00. The number of nitrogens with zero attached hydrogens (tertiary/aromatic N) is 3. The van der Waals surface area contributed by atoms with E-state index in [0.717, 1.165) is 5.56 Å². The molecule has 0 aliphatic carbocycles. The summed E-state index contributed by atoms with van der Waals surface area (Å²) in [6.07, 6.45) is 7.43. The number of carbonyl (C=O) groups is 1. The van der Waals surface area contributed by atoms with Gasteiger partial charge in [0.25, 0.3) is 0 Å². The Morgan fingerprint density at radius 2 is 2.17 bits per heavy atom. The molecule has 1 amide bonds. The summed E-state index contributed by atoms with van der Waals surface area (Å²) in [6.45, 7) is 2.56. The smallest absolute Gasteiger partial charge is 0.222 e. The van der Waals surface area contributed by atoms with Crippen molar-refractivity contribution < 1.29 is 4.79 Å². The molecule has 0 aliphatic heterocycles. The van der Waals surface area contributed by atoms with Gasteiger partial charge < -0.3 is 5.32 Å². The van der Waals surface area contributed by atoms with Crippen molar-refractivity contribution in [3.8, 4) is 0 Å². The summed E-state index contributed by atoms with van der Waals surface area (Å²) in [5.41, 5.74) is 1.05. The SMILES string of the molecule is C[C@H](NC(=O)CCn1cccn1)c1ccncc1. The molecule has 2 aromatic heterocycles. The molecule has 5 heteroatoms. The van der Waals surface area contributed by atoms with Crippen LogP contribution in [0.1, 0.15) is 24.9 Å². The van der Waals surface area contributed by atoms with Crippen molar-refractivity contribution in [3.05, 3.63) is 48.5 Å². The quantitative estimate of drug-likeness (QED) is 0.868. The Morgan fingerprint density at radius 3 is 2.83 bits per heavy atom. The molecule has 0 saturated heterocycles. The third-order valence-electron chi connectivity index (χ3n) is 2.71. The number of carbonyl (C=O) groups excluding carboxylic acids is 1. The van der Waals surface area contributed by atoms with Gasteiger partial charge in [0, 0.05) is 37.8 Å². The van der Waals surface area contributed by atoms with Gasteiger partial charge in [-0.1, -0.05) is 0 Å². The summed E-state index contributed by atoms with van der Waals surface area (Å²) in [5.74, 6) is 0.0230. The number of hydrogen-bond donors (Lipinski definition) is 1. The lowest BCUT2D eigenvalue weighted by atomic mass is 10.1. The van der Waals surface area contributed by atoms with Crippen LogP contribution in [0.4, 0.5) is 0 Å². The van der Waals surface area contributed by atoms with Gasteiger partial charge in [-0.2, -0.15) is 5.10 Å². The Bertz CT molecular complexity index is 481. The molecule has 0 aromatic carbocycles. The van der Waals surface area contributed by atoms with E-state index in [1.165, 1.54) is 0 Å². The minimum absolute atomic E-state index is 0.00174. The van der Waals surface area contributed by atoms with Gasteiger partial charge in [0.05, 0.1) is 6.04 Å². The van der Waals surface area contributed by atoms with Gasteiger partial charge in [0.15, 0.2) is 0 Å². The Balaban J connectivity index is 1.80. The van der Waals surface area contributed by atoms with Crippen LogP contribution in [0.15, 0.2) is 43.0 Å². The van der Waals surface area contributed by atoms with Crippen molar-refractivity contribution >= 4 is 5.91 Å². The highest BCUT2D eigenvalue weighted by Gasteiger charge is 2.09. The first-order valence-electron chi connectivity index (χ1n) is 5.92. The molecule has 0 saturated carbocycles. The van der Waals surface area contributed by atoms with Crippen LogP contribution < -0.4 is 5.32 Å². The van der Waals surface area contributed by atoms with Crippen LogP contribution in [0, 0.1) is 0 Å². The van der Waals surface area contributed by atoms with Gasteiger partial charge in [-0.15, -0.1) is 0 Å². The normalized spacial score (nSPS) is 12.1. The fourth-order valence-electron chi connectivity index (χ4n) is 1.70. The predicted octanol–water partition coefficient (Wildman–Crippen LogP) is 1.55. The van der Waals surface area contributed by atoms with Crippen molar-refractivity contribution in [3.63, 3.8) is 0 Å². The summed E-state index contributed by atoms with van der Waals surface area (Å²) >= 11 is 0. The largest absolute Gasteiger partial charge is 0.350 e. The van der Waals surface area contributed by atoms with Crippen molar-refractivity contribution in [1.82, 2.24) is 20.1 Å². The molecule has 94 valence electrons. The molecule has 0 radical (unpaired) electrons. The average molecular weight is 244 g/mol. The lowest BCUT2D eigenvalue weighted by Gasteiger charge is -2.13. The van der Waals surface area contributed by atoms with Crippen molar-refractivity contribution in [2.75, 3.05) is 0 Å². The van der Waals surface area contributed by atoms with Crippen LogP contribution in [-0.4, -0.2) is 20.7 Å². The van der Waals surface area contributed by atoms with E-state index in [0.29, 0.717) is 13.0 Å². The topological polar surface area (TPSA) is 59.8 Å². The molecule has 0 spiro atoms. The lowest BCUT2D eigenvalue weighted by molar-refractivity contribution is -0.122. The molecule has 1 atom stereocenters. The molecular weight excluding hydrogens is 228 g/mol. The summed E-state index contributed by atoms with van der Waals surface area (Å²) in [4.78, 5) is 15.7. The zero-order chi connectivity index (χ0) is 12.8. The first-order valence-corrected chi connectivity index (χ1v) is 5.92. The molecule has 18 heavy (non-hydrogen) atoms. The highest BCUT2D eigenvalue weighted by molar-refractivity contribution is 5.76. The predicted molar refractivity (Wildman–Crippen MR) is 67.6 cm³/mol. The second kappa shape index (κ2) is 5.95. The number of rotatable bonds is 5. The first kappa shape index (κ1) is 12.3. The lowest BCUT2D eigenvalue weighted by Crippen LogP contribution is -2.27. The molecule has 0 unspecified atom stereocenters. The Kier molecular flexibility index (Phi) is 4.06. The highest BCUT2D eigenvalue weighted by atomic mass is 16.1. The van der Waals surface area contributed by atoms with E-state index in [-0.39, 0.29) is 11.9 Å². The molecule has 1 N–H and O–H groups in total. The second-order valence-corrected chi connectivity index (χ2v) is 4.09. The molecule has 0 bridgehead atoms. The third kappa shape index (κ3) is 3.41. The van der Waals surface area contributed by atoms with Crippen molar-refractivity contribution in [2.45, 2.75) is 25.9 Å². The zero-order valence-electron chi connectivity index (χ0n) is 10.3. The van der Waals surface area contributed by atoms with E-state index < -0.39 is 0 Å². The van der Waals surface area contributed by atoms with E-state index in [4.69, 9.17) is 0 Å². The number of pyridine rings is 1. The van der Waals surface area contributed by atoms with Crippen LogP contribution in [0.2, 0.25) is 0 Å². The minimum atomic E-state index is -0.00174. The number of hydrogen-bond acceptors (Lipinski definition) is 3. The highest BCUT2D eigenvalue weighted by Crippen LogP contribution is 2.10. The van der Waals surface area contributed by atoms with Gasteiger partial charge in [-0.05, 0) is 30.7 Å². The van der Waals surface area contributed by atoms with E-state index >= 15 is 0 Å². The molecule has 0 aliphatic rings. The maximum Gasteiger partial charge on any atom is 0.222 e. The van der Waals surface area contributed by atoms with Crippen molar-refractivity contribution in [2.24, 2.45) is 0 Å². The molecule has 2 aromatic rings. The summed E-state index contributed by atoms with van der Waals surface area (Å²) < 4.78 is 1.75. The fourth-order valence-corrected chi connectivity index (χ4v) is 1.70. The van der Waals surface area contributed by atoms with Crippen LogP contribution in [-0.2, 0) is 11.3 Å². The number of amides is 1. The molecule has 5 nitrogen and oxygen atoms in total. The van der Waals surface area contributed by atoms with Crippen LogP contribution in [0.3, 0.4) is 0 Å². The van der Waals surface area contributed by atoms with Crippen LogP contribution >= 0.6 is 0 Å². The van der Waals surface area contributed by atoms with E-state index in [2.05, 4.69) is 15.4 Å². The number of nitrogens with one attached hydrogen (secondary N) is 1. The third-order valence-corrected chi connectivity index (χ3v) is 2.71. The zero-order valence-corrected chi connectivity index (χ0v) is 10.3. The van der Waals surface area contributed by atoms with E-state index in [9.17, 15) is 4.79 Å². The summed E-state index contributed by atoms with van der Waals surface area (Å²) in [7, 11) is 0. The Morgan fingerprint density at radius 1 is 1.39 bits per heavy atom. The second-order valence-electron chi connectivity index (χ2n) is 4.09. The standard InChI is InChI=1S/C13H16N4O/c1-11(12-3-7-14-8-4-12)16-13(18)5-10-17-9-2-6-15-17/h2-4,6-9,11H,5,10H2,1H3,(H,16,18)/t11-/m0/s1. The van der Waals surface area contributed by atoms with Gasteiger partial charge in [-0.3, -0.25) is 14.5 Å². The van der Waals surface area contributed by atoms with Gasteiger partial charge in [-0.25, -0.2) is 0 Å². The fraction of sp³-hybridized carbons (Fsp3) is 0.308. The maximum absolute atomic E-state index is 11.8. The van der Waals surface area contributed by atoms with Crippen LogP contribution in [0.5, 0.6) is 0 Å². The Labute approximate surface area is 106 Å². The summed E-state index contributed by atoms with van der Waals surface area (Å²) in [6, 6.07) is 5.65. The van der Waals surface area contributed by atoms with Crippen molar-refractivity contribution in [1.29, 1.82) is 0 Å². The molecule has 0 fully saturated rings. The minimum Gasteiger partial charge on any atom is -0.350 e. The van der Waals surface area contributed by atoms with Gasteiger partial charge in [0.1, 0.15) is 0 Å². The first-order chi connectivity index (χ1) is 8.75. The average Bonchev–Trinajstić information content (AvgIpc) is 2.90. The molecule has 2 rings (SSSR count). The monoisotopic (exact) mass is 244 g/mol. The van der Waals surface area contributed by atoms with Gasteiger partial charge in [0.2, 0.25) is 5.91 Å². The van der Waals surface area contributed by atoms with E-state index in [1.807, 2.05) is 31.3 Å². The molecular formula is C13H16N4O. The number of aromatic nitrogens is 3.